The molecule has 0 amide bonds. The van der Waals surface area contributed by atoms with Crippen molar-refractivity contribution in [2.45, 2.75) is 25.4 Å². The first-order valence-corrected chi connectivity index (χ1v) is 5.83. The Labute approximate surface area is 99.1 Å². The fraction of sp³-hybridized carbons (Fsp3) is 0.308. The highest BCUT2D eigenvalue weighted by Crippen LogP contribution is 2.31. The Hall–Kier alpha value is -1.68. The topological polar surface area (TPSA) is 40.7 Å². The molecule has 3 rings (SSSR count). The molecule has 1 aromatic carbocycles. The Morgan fingerprint density at radius 2 is 2.41 bits per heavy atom. The Bertz CT molecular complexity index is 507. The van der Waals surface area contributed by atoms with Crippen LogP contribution in [0.2, 0.25) is 0 Å². The molecule has 0 bridgehead atoms. The van der Waals surface area contributed by atoms with E-state index in [0.717, 1.165) is 24.2 Å². The van der Waals surface area contributed by atoms with Crippen LogP contribution in [0.15, 0.2) is 30.6 Å². The van der Waals surface area contributed by atoms with Crippen LogP contribution < -0.4 is 5.32 Å². The zero-order chi connectivity index (χ0) is 11.7. The van der Waals surface area contributed by atoms with Crippen molar-refractivity contribution < 1.29 is 4.39 Å². The smallest absolute Gasteiger partial charge is 0.123 e. The highest BCUT2D eigenvalue weighted by Gasteiger charge is 2.22. The number of aromatic nitrogens is 2. The number of H-pyrrole nitrogens is 1. The maximum Gasteiger partial charge on any atom is 0.123 e. The van der Waals surface area contributed by atoms with Crippen molar-refractivity contribution in [3.05, 3.63) is 53.4 Å². The third-order valence-corrected chi connectivity index (χ3v) is 3.25. The van der Waals surface area contributed by atoms with Gasteiger partial charge < -0.3 is 10.3 Å². The van der Waals surface area contributed by atoms with Crippen LogP contribution in [0.25, 0.3) is 0 Å². The predicted octanol–water partition coefficient (Wildman–Crippen LogP) is 2.33. The summed E-state index contributed by atoms with van der Waals surface area (Å²) >= 11 is 0. The molecule has 88 valence electrons. The normalized spacial score (nSPS) is 18.3. The molecule has 1 aromatic heterocycles. The minimum Gasteiger partial charge on any atom is -0.348 e. The summed E-state index contributed by atoms with van der Waals surface area (Å²) in [7, 11) is 0. The molecular formula is C13H14FN3. The number of nitrogens with one attached hydrogen (secondary N) is 2. The molecule has 0 fully saturated rings. The zero-order valence-electron chi connectivity index (χ0n) is 9.41. The van der Waals surface area contributed by atoms with E-state index in [1.807, 2.05) is 12.3 Å². The second-order valence-corrected chi connectivity index (χ2v) is 4.35. The minimum atomic E-state index is -0.143. The highest BCUT2D eigenvalue weighted by atomic mass is 19.1. The van der Waals surface area contributed by atoms with E-state index < -0.39 is 0 Å². The number of nitrogens with zero attached hydrogens (tertiary/aromatic N) is 1. The van der Waals surface area contributed by atoms with Gasteiger partial charge in [-0.15, -0.1) is 0 Å². The van der Waals surface area contributed by atoms with Crippen LogP contribution in [-0.2, 0) is 13.0 Å². The van der Waals surface area contributed by atoms with Gasteiger partial charge >= 0.3 is 0 Å². The van der Waals surface area contributed by atoms with Crippen LogP contribution in [0.4, 0.5) is 4.39 Å². The van der Waals surface area contributed by atoms with Crippen molar-refractivity contribution >= 4 is 0 Å². The van der Waals surface area contributed by atoms with E-state index in [1.165, 1.54) is 11.6 Å². The zero-order valence-corrected chi connectivity index (χ0v) is 9.41. The fourth-order valence-corrected chi connectivity index (χ4v) is 2.41. The summed E-state index contributed by atoms with van der Waals surface area (Å²) < 4.78 is 13.1. The van der Waals surface area contributed by atoms with E-state index in [2.05, 4.69) is 15.3 Å². The van der Waals surface area contributed by atoms with Crippen molar-refractivity contribution in [1.82, 2.24) is 15.3 Å². The predicted molar refractivity (Wildman–Crippen MR) is 62.9 cm³/mol. The number of aryl methyl sites for hydroxylation is 1. The summed E-state index contributed by atoms with van der Waals surface area (Å²) in [5.74, 6) is 0.788. The van der Waals surface area contributed by atoms with Gasteiger partial charge in [0.2, 0.25) is 0 Å². The van der Waals surface area contributed by atoms with Gasteiger partial charge in [-0.3, -0.25) is 0 Å². The number of fused-ring (bicyclic) bond motifs is 1. The molecule has 4 heteroatoms. The molecule has 1 heterocycles. The molecule has 17 heavy (non-hydrogen) atoms. The van der Waals surface area contributed by atoms with Gasteiger partial charge in [0, 0.05) is 18.4 Å². The molecule has 0 saturated heterocycles. The van der Waals surface area contributed by atoms with Gasteiger partial charge in [-0.2, -0.15) is 0 Å². The van der Waals surface area contributed by atoms with Gasteiger partial charge in [0.05, 0.1) is 6.54 Å². The Morgan fingerprint density at radius 3 is 3.24 bits per heavy atom. The van der Waals surface area contributed by atoms with Crippen LogP contribution >= 0.6 is 0 Å². The van der Waals surface area contributed by atoms with Gasteiger partial charge in [0.1, 0.15) is 11.6 Å². The maximum atomic E-state index is 13.1. The van der Waals surface area contributed by atoms with Crippen LogP contribution in [0.1, 0.15) is 29.4 Å². The molecule has 3 nitrogen and oxygen atoms in total. The van der Waals surface area contributed by atoms with Crippen molar-refractivity contribution in [3.8, 4) is 0 Å². The summed E-state index contributed by atoms with van der Waals surface area (Å²) in [5, 5.41) is 3.44. The van der Waals surface area contributed by atoms with E-state index in [0.29, 0.717) is 12.6 Å². The quantitative estimate of drug-likeness (QED) is 0.851. The number of hydrogen-bond acceptors (Lipinski definition) is 2. The lowest BCUT2D eigenvalue weighted by Gasteiger charge is -2.12. The largest absolute Gasteiger partial charge is 0.348 e. The number of imidazole rings is 1. The molecule has 1 unspecified atom stereocenters. The van der Waals surface area contributed by atoms with Crippen LogP contribution in [-0.4, -0.2) is 9.97 Å². The van der Waals surface area contributed by atoms with Crippen LogP contribution in [0, 0.1) is 5.82 Å². The SMILES string of the molecule is Fc1ccc2c(c1)CCC2NCc1ncc[nH]1. The van der Waals surface area contributed by atoms with Gasteiger partial charge in [-0.1, -0.05) is 6.07 Å². The number of rotatable bonds is 3. The number of halogens is 1. The van der Waals surface area contributed by atoms with E-state index in [-0.39, 0.29) is 5.82 Å². The molecule has 2 aromatic rings. The fourth-order valence-electron chi connectivity index (χ4n) is 2.41. The molecule has 0 saturated carbocycles. The van der Waals surface area contributed by atoms with E-state index in [1.54, 1.807) is 12.3 Å². The Balaban J connectivity index is 1.71. The Kier molecular flexibility index (Phi) is 2.65. The Morgan fingerprint density at radius 1 is 1.47 bits per heavy atom. The summed E-state index contributed by atoms with van der Waals surface area (Å²) in [6, 6.07) is 5.38. The number of aromatic amines is 1. The molecule has 0 aliphatic heterocycles. The summed E-state index contributed by atoms with van der Waals surface area (Å²) in [6.45, 7) is 0.717. The molecule has 1 aliphatic carbocycles. The van der Waals surface area contributed by atoms with Gasteiger partial charge in [0.25, 0.3) is 0 Å². The lowest BCUT2D eigenvalue weighted by Crippen LogP contribution is -2.19. The second-order valence-electron chi connectivity index (χ2n) is 4.35. The van der Waals surface area contributed by atoms with E-state index in [9.17, 15) is 4.39 Å². The summed E-state index contributed by atoms with van der Waals surface area (Å²) in [5.41, 5.74) is 2.35. The molecule has 0 spiro atoms. The first-order chi connectivity index (χ1) is 8.33. The van der Waals surface area contributed by atoms with Crippen molar-refractivity contribution in [3.63, 3.8) is 0 Å². The first-order valence-electron chi connectivity index (χ1n) is 5.83. The average molecular weight is 231 g/mol. The lowest BCUT2D eigenvalue weighted by atomic mass is 10.1. The molecular weight excluding hydrogens is 217 g/mol. The summed E-state index contributed by atoms with van der Waals surface area (Å²) in [6.07, 6.45) is 5.53. The molecule has 1 aliphatic rings. The minimum absolute atomic E-state index is 0.143. The highest BCUT2D eigenvalue weighted by molar-refractivity contribution is 5.34. The van der Waals surface area contributed by atoms with Gasteiger partial charge in [0.15, 0.2) is 0 Å². The molecule has 2 N–H and O–H groups in total. The van der Waals surface area contributed by atoms with E-state index in [4.69, 9.17) is 0 Å². The maximum absolute atomic E-state index is 13.1. The molecule has 0 radical (unpaired) electrons. The van der Waals surface area contributed by atoms with Gasteiger partial charge in [-0.25, -0.2) is 9.37 Å². The van der Waals surface area contributed by atoms with E-state index >= 15 is 0 Å². The third kappa shape index (κ3) is 2.08. The number of benzene rings is 1. The van der Waals surface area contributed by atoms with Crippen LogP contribution in [0.5, 0.6) is 0 Å². The van der Waals surface area contributed by atoms with Crippen molar-refractivity contribution in [2.24, 2.45) is 0 Å². The standard InChI is InChI=1S/C13H14FN3/c14-10-2-3-11-9(7-10)1-4-12(11)17-8-13-15-5-6-16-13/h2-3,5-7,12,17H,1,4,8H2,(H,15,16). The van der Waals surface area contributed by atoms with Crippen molar-refractivity contribution in [1.29, 1.82) is 0 Å². The lowest BCUT2D eigenvalue weighted by molar-refractivity contribution is 0.520. The number of hydrogen-bond donors (Lipinski definition) is 2. The summed E-state index contributed by atoms with van der Waals surface area (Å²) in [4.78, 5) is 7.23. The second kappa shape index (κ2) is 4.30. The third-order valence-electron chi connectivity index (χ3n) is 3.25. The molecule has 1 atom stereocenters. The first kappa shape index (κ1) is 10.5. The van der Waals surface area contributed by atoms with Crippen LogP contribution in [0.3, 0.4) is 0 Å². The average Bonchev–Trinajstić information content (AvgIpc) is 2.94. The monoisotopic (exact) mass is 231 g/mol. The van der Waals surface area contributed by atoms with Crippen molar-refractivity contribution in [2.75, 3.05) is 0 Å². The van der Waals surface area contributed by atoms with Gasteiger partial charge in [-0.05, 0) is 36.1 Å².